The highest BCUT2D eigenvalue weighted by Crippen LogP contribution is 2.25. The molecule has 0 spiro atoms. The summed E-state index contributed by atoms with van der Waals surface area (Å²) in [5.41, 5.74) is 5.78. The summed E-state index contributed by atoms with van der Waals surface area (Å²) in [4.78, 5) is 2.57. The zero-order chi connectivity index (χ0) is 14.7. The Balaban J connectivity index is 2.00. The number of hydrogen-bond acceptors (Lipinski definition) is 2. The van der Waals surface area contributed by atoms with E-state index >= 15 is 0 Å². The van der Waals surface area contributed by atoms with Crippen LogP contribution in [0.25, 0.3) is 0 Å². The molecule has 0 unspecified atom stereocenters. The fourth-order valence-corrected chi connectivity index (χ4v) is 3.64. The molecule has 1 aliphatic carbocycles. The Morgan fingerprint density at radius 2 is 1.60 bits per heavy atom. The van der Waals surface area contributed by atoms with Gasteiger partial charge in [-0.2, -0.15) is 0 Å². The van der Waals surface area contributed by atoms with Crippen molar-refractivity contribution in [1.29, 1.82) is 0 Å². The lowest BCUT2D eigenvalue weighted by Gasteiger charge is -2.35. The van der Waals surface area contributed by atoms with Crippen LogP contribution in [0.1, 0.15) is 47.9 Å². The molecule has 0 radical (unpaired) electrons. The minimum Gasteiger partial charge on any atom is -0.317 e. The molecular weight excluding hydrogens is 244 g/mol. The number of aryl methyl sites for hydroxylation is 3. The first kappa shape index (κ1) is 15.5. The zero-order valence-corrected chi connectivity index (χ0v) is 13.8. The maximum atomic E-state index is 3.42. The molecule has 1 N–H and O–H groups in total. The minimum atomic E-state index is 0.738. The van der Waals surface area contributed by atoms with E-state index in [0.717, 1.165) is 18.6 Å². The summed E-state index contributed by atoms with van der Waals surface area (Å²) >= 11 is 0. The van der Waals surface area contributed by atoms with Crippen LogP contribution >= 0.6 is 0 Å². The van der Waals surface area contributed by atoms with Crippen molar-refractivity contribution >= 4 is 0 Å². The van der Waals surface area contributed by atoms with E-state index in [1.165, 1.54) is 47.9 Å². The number of rotatable bonds is 4. The first-order chi connectivity index (χ1) is 9.51. The molecule has 2 heteroatoms. The second-order valence-electron chi connectivity index (χ2n) is 6.59. The largest absolute Gasteiger partial charge is 0.317 e. The molecule has 1 aromatic carbocycles. The van der Waals surface area contributed by atoms with Gasteiger partial charge in [0.15, 0.2) is 0 Å². The van der Waals surface area contributed by atoms with Gasteiger partial charge in [-0.1, -0.05) is 17.7 Å². The van der Waals surface area contributed by atoms with E-state index in [9.17, 15) is 0 Å². The highest BCUT2D eigenvalue weighted by molar-refractivity contribution is 5.37. The van der Waals surface area contributed by atoms with Crippen molar-refractivity contribution < 1.29 is 0 Å². The lowest BCUT2D eigenvalue weighted by molar-refractivity contribution is 0.169. The molecule has 0 atom stereocenters. The molecule has 1 aliphatic rings. The van der Waals surface area contributed by atoms with Gasteiger partial charge in [-0.15, -0.1) is 0 Å². The molecular formula is C18H30N2. The van der Waals surface area contributed by atoms with Crippen molar-refractivity contribution in [2.45, 2.75) is 65.1 Å². The summed E-state index contributed by atoms with van der Waals surface area (Å²) in [7, 11) is 4.39. The zero-order valence-electron chi connectivity index (χ0n) is 13.8. The molecule has 0 heterocycles. The lowest BCUT2D eigenvalue weighted by Crippen LogP contribution is -2.39. The number of hydrogen-bond donors (Lipinski definition) is 1. The van der Waals surface area contributed by atoms with Crippen LogP contribution in [-0.2, 0) is 6.54 Å². The third-order valence-electron chi connectivity index (χ3n) is 4.98. The Labute approximate surface area is 124 Å². The Hall–Kier alpha value is -0.860. The monoisotopic (exact) mass is 274 g/mol. The van der Waals surface area contributed by atoms with E-state index in [2.05, 4.69) is 57.2 Å². The summed E-state index contributed by atoms with van der Waals surface area (Å²) < 4.78 is 0. The fourth-order valence-electron chi connectivity index (χ4n) is 3.64. The first-order valence-corrected chi connectivity index (χ1v) is 7.95. The summed E-state index contributed by atoms with van der Waals surface area (Å²) in [6, 6.07) is 6.12. The van der Waals surface area contributed by atoms with Gasteiger partial charge in [0.1, 0.15) is 0 Å². The molecule has 0 saturated heterocycles. The van der Waals surface area contributed by atoms with Crippen molar-refractivity contribution in [1.82, 2.24) is 10.2 Å². The average molecular weight is 274 g/mol. The molecule has 112 valence electrons. The summed E-state index contributed by atoms with van der Waals surface area (Å²) in [5, 5.41) is 3.42. The van der Waals surface area contributed by atoms with Gasteiger partial charge < -0.3 is 5.32 Å². The van der Waals surface area contributed by atoms with Gasteiger partial charge in [-0.25, -0.2) is 0 Å². The third-order valence-corrected chi connectivity index (χ3v) is 4.98. The Morgan fingerprint density at radius 1 is 1.05 bits per heavy atom. The maximum absolute atomic E-state index is 3.42. The molecule has 0 bridgehead atoms. The first-order valence-electron chi connectivity index (χ1n) is 7.95. The topological polar surface area (TPSA) is 15.3 Å². The van der Waals surface area contributed by atoms with Gasteiger partial charge in [0.2, 0.25) is 0 Å². The second kappa shape index (κ2) is 6.73. The van der Waals surface area contributed by atoms with Crippen LogP contribution in [0.5, 0.6) is 0 Å². The van der Waals surface area contributed by atoms with Crippen molar-refractivity contribution in [2.75, 3.05) is 14.1 Å². The van der Waals surface area contributed by atoms with Gasteiger partial charge in [0.25, 0.3) is 0 Å². The van der Waals surface area contributed by atoms with Crippen LogP contribution in [0, 0.1) is 20.8 Å². The van der Waals surface area contributed by atoms with Gasteiger partial charge in [-0.05, 0) is 77.2 Å². The van der Waals surface area contributed by atoms with Crippen LogP contribution < -0.4 is 5.32 Å². The number of benzene rings is 1. The Morgan fingerprint density at radius 3 is 2.10 bits per heavy atom. The normalized spacial score (nSPS) is 23.3. The van der Waals surface area contributed by atoms with Crippen LogP contribution in [-0.4, -0.2) is 31.1 Å². The smallest absolute Gasteiger partial charge is 0.0238 e. The number of nitrogens with one attached hydrogen (secondary N) is 1. The van der Waals surface area contributed by atoms with Crippen molar-refractivity contribution in [3.05, 3.63) is 34.4 Å². The predicted molar refractivity (Wildman–Crippen MR) is 87.2 cm³/mol. The van der Waals surface area contributed by atoms with E-state index in [1.54, 1.807) is 0 Å². The van der Waals surface area contributed by atoms with Crippen LogP contribution in [0.3, 0.4) is 0 Å². The van der Waals surface area contributed by atoms with E-state index in [-0.39, 0.29) is 0 Å². The maximum Gasteiger partial charge on any atom is 0.0238 e. The van der Waals surface area contributed by atoms with Crippen LogP contribution in [0.15, 0.2) is 12.1 Å². The second-order valence-corrected chi connectivity index (χ2v) is 6.59. The molecule has 2 nitrogen and oxygen atoms in total. The van der Waals surface area contributed by atoms with E-state index in [4.69, 9.17) is 0 Å². The quantitative estimate of drug-likeness (QED) is 0.903. The third kappa shape index (κ3) is 3.62. The van der Waals surface area contributed by atoms with E-state index < -0.39 is 0 Å². The lowest BCUT2D eigenvalue weighted by atomic mass is 9.90. The average Bonchev–Trinajstić information content (AvgIpc) is 2.42. The summed E-state index contributed by atoms with van der Waals surface area (Å²) in [6.45, 7) is 7.78. The molecule has 1 fully saturated rings. The fraction of sp³-hybridized carbons (Fsp3) is 0.667. The minimum absolute atomic E-state index is 0.738. The molecule has 0 aromatic heterocycles. The van der Waals surface area contributed by atoms with Crippen LogP contribution in [0.2, 0.25) is 0 Å². The molecule has 0 amide bonds. The van der Waals surface area contributed by atoms with Gasteiger partial charge in [-0.3, -0.25) is 4.90 Å². The highest BCUT2D eigenvalue weighted by Gasteiger charge is 2.23. The van der Waals surface area contributed by atoms with Crippen molar-refractivity contribution in [3.63, 3.8) is 0 Å². The predicted octanol–water partition coefficient (Wildman–Crippen LogP) is 3.57. The SMILES string of the molecule is CNC1CCC(N(C)Cc2c(C)cc(C)cc2C)CC1. The van der Waals surface area contributed by atoms with Gasteiger partial charge in [0.05, 0.1) is 0 Å². The molecule has 0 aliphatic heterocycles. The van der Waals surface area contributed by atoms with Crippen molar-refractivity contribution in [3.8, 4) is 0 Å². The number of nitrogens with zero attached hydrogens (tertiary/aromatic N) is 1. The van der Waals surface area contributed by atoms with Gasteiger partial charge in [0, 0.05) is 18.6 Å². The summed E-state index contributed by atoms with van der Waals surface area (Å²) in [6.07, 6.45) is 5.28. The molecule has 20 heavy (non-hydrogen) atoms. The Kier molecular flexibility index (Phi) is 5.22. The summed E-state index contributed by atoms with van der Waals surface area (Å²) in [5.74, 6) is 0. The molecule has 1 aromatic rings. The van der Waals surface area contributed by atoms with Crippen molar-refractivity contribution in [2.24, 2.45) is 0 Å². The van der Waals surface area contributed by atoms with E-state index in [1.807, 2.05) is 0 Å². The highest BCUT2D eigenvalue weighted by atomic mass is 15.1. The molecule has 1 saturated carbocycles. The Bertz CT molecular complexity index is 422. The van der Waals surface area contributed by atoms with E-state index in [0.29, 0.717) is 0 Å². The van der Waals surface area contributed by atoms with Crippen LogP contribution in [0.4, 0.5) is 0 Å². The van der Waals surface area contributed by atoms with Gasteiger partial charge >= 0.3 is 0 Å². The molecule has 2 rings (SSSR count). The standard InChI is InChI=1S/C18H30N2/c1-13-10-14(2)18(15(3)11-13)12-20(5)17-8-6-16(19-4)7-9-17/h10-11,16-17,19H,6-9,12H2,1-5H3.